The number of benzene rings is 1. The molecule has 10 heteroatoms. The van der Waals surface area contributed by atoms with Crippen molar-refractivity contribution in [1.29, 1.82) is 0 Å². The molecule has 5 atom stereocenters. The van der Waals surface area contributed by atoms with Crippen molar-refractivity contribution in [2.45, 2.75) is 63.1 Å². The summed E-state index contributed by atoms with van der Waals surface area (Å²) in [5, 5.41) is 22.1. The molecular formula is C31H42N4O6. The SMILES string of the molecule is C1CCCC1.O=C(O)NC(CCN1CC2CN(C(=O)C3C[C@H](O)CN3C(=O)c3ccco3)CC2C1)c1ccccc1. The van der Waals surface area contributed by atoms with E-state index in [2.05, 4.69) is 10.2 Å². The Kier molecular flexibility index (Phi) is 9.61. The van der Waals surface area contributed by atoms with Crippen molar-refractivity contribution in [3.05, 3.63) is 60.1 Å². The minimum Gasteiger partial charge on any atom is -0.465 e. The standard InChI is InChI=1S/C26H32N4O6.C5H10/c31-20-11-22(30(16-20)25(33)23-7-4-10-36-23)24(32)29-14-18-12-28(13-19(18)15-29)9-8-21(27-26(34)35)17-5-2-1-3-6-17;1-2-4-5-3-1/h1-7,10,18-22,27,31H,8-9,11-16H2,(H,34,35);1-5H2/t18?,19?,20-,21?,22?;/m0./s1. The summed E-state index contributed by atoms with van der Waals surface area (Å²) in [5.74, 6) is 0.377. The molecule has 4 heterocycles. The second-order valence-electron chi connectivity index (χ2n) is 11.8. The second kappa shape index (κ2) is 13.5. The van der Waals surface area contributed by atoms with Crippen LogP contribution in [0.5, 0.6) is 0 Å². The summed E-state index contributed by atoms with van der Waals surface area (Å²) >= 11 is 0. The van der Waals surface area contributed by atoms with Crippen LogP contribution in [0.4, 0.5) is 4.79 Å². The topological polar surface area (TPSA) is 127 Å². The quantitative estimate of drug-likeness (QED) is 0.468. The molecule has 1 aromatic carbocycles. The molecule has 3 saturated heterocycles. The Balaban J connectivity index is 0.000000610. The summed E-state index contributed by atoms with van der Waals surface area (Å²) in [6, 6.07) is 11.8. The van der Waals surface area contributed by atoms with Crippen molar-refractivity contribution in [3.8, 4) is 0 Å². The first-order valence-electron chi connectivity index (χ1n) is 15.0. The van der Waals surface area contributed by atoms with Gasteiger partial charge in [0.15, 0.2) is 5.76 Å². The number of furan rings is 1. The van der Waals surface area contributed by atoms with Gasteiger partial charge < -0.3 is 34.6 Å². The summed E-state index contributed by atoms with van der Waals surface area (Å²) in [5.41, 5.74) is 0.948. The van der Waals surface area contributed by atoms with Crippen LogP contribution in [-0.2, 0) is 4.79 Å². The third-order valence-corrected chi connectivity index (χ3v) is 8.91. The highest BCUT2D eigenvalue weighted by molar-refractivity contribution is 5.96. The van der Waals surface area contributed by atoms with Gasteiger partial charge in [-0.1, -0.05) is 62.4 Å². The first-order chi connectivity index (χ1) is 19.9. The van der Waals surface area contributed by atoms with Crippen LogP contribution >= 0.6 is 0 Å². The zero-order valence-electron chi connectivity index (χ0n) is 23.6. The zero-order valence-corrected chi connectivity index (χ0v) is 23.6. The van der Waals surface area contributed by atoms with Gasteiger partial charge in [0.1, 0.15) is 6.04 Å². The van der Waals surface area contributed by atoms with Gasteiger partial charge in [-0.2, -0.15) is 0 Å². The van der Waals surface area contributed by atoms with Gasteiger partial charge in [0, 0.05) is 45.7 Å². The molecule has 4 fully saturated rings. The minimum atomic E-state index is -1.03. The molecule has 4 aliphatic rings. The van der Waals surface area contributed by atoms with Gasteiger partial charge in [-0.15, -0.1) is 0 Å². The molecule has 6 rings (SSSR count). The molecule has 3 N–H and O–H groups in total. The van der Waals surface area contributed by atoms with Crippen LogP contribution in [-0.4, -0.2) is 94.2 Å². The fourth-order valence-electron chi connectivity index (χ4n) is 6.83. The molecule has 1 aliphatic carbocycles. The van der Waals surface area contributed by atoms with Gasteiger partial charge in [0.05, 0.1) is 18.4 Å². The second-order valence-corrected chi connectivity index (χ2v) is 11.8. The molecule has 3 aliphatic heterocycles. The average Bonchev–Trinajstić information content (AvgIpc) is 3.79. The fraction of sp³-hybridized carbons (Fsp3) is 0.581. The first-order valence-corrected chi connectivity index (χ1v) is 15.0. The number of fused-ring (bicyclic) bond motifs is 1. The molecule has 222 valence electrons. The number of aliphatic hydroxyl groups is 1. The molecule has 0 radical (unpaired) electrons. The molecule has 4 unspecified atom stereocenters. The number of hydrogen-bond acceptors (Lipinski definition) is 6. The molecule has 0 bridgehead atoms. The highest BCUT2D eigenvalue weighted by Gasteiger charge is 2.47. The summed E-state index contributed by atoms with van der Waals surface area (Å²) in [7, 11) is 0. The van der Waals surface area contributed by atoms with E-state index < -0.39 is 18.2 Å². The maximum absolute atomic E-state index is 13.4. The molecule has 3 amide bonds. The van der Waals surface area contributed by atoms with E-state index in [4.69, 9.17) is 4.42 Å². The largest absolute Gasteiger partial charge is 0.465 e. The van der Waals surface area contributed by atoms with E-state index in [0.29, 0.717) is 31.3 Å². The number of nitrogens with zero attached hydrogens (tertiary/aromatic N) is 3. The summed E-state index contributed by atoms with van der Waals surface area (Å²) < 4.78 is 5.22. The molecule has 1 aromatic heterocycles. The lowest BCUT2D eigenvalue weighted by Crippen LogP contribution is -2.47. The third kappa shape index (κ3) is 7.29. The predicted molar refractivity (Wildman–Crippen MR) is 152 cm³/mol. The number of likely N-dealkylation sites (tertiary alicyclic amines) is 3. The number of hydrogen-bond donors (Lipinski definition) is 3. The van der Waals surface area contributed by atoms with E-state index in [1.807, 2.05) is 35.2 Å². The molecule has 2 aromatic rings. The van der Waals surface area contributed by atoms with Crippen LogP contribution < -0.4 is 5.32 Å². The van der Waals surface area contributed by atoms with E-state index >= 15 is 0 Å². The van der Waals surface area contributed by atoms with Gasteiger partial charge in [-0.3, -0.25) is 9.59 Å². The Hall–Kier alpha value is -3.37. The number of rotatable bonds is 7. The summed E-state index contributed by atoms with van der Waals surface area (Å²) in [6.07, 6.45) is 8.06. The number of aliphatic hydroxyl groups excluding tert-OH is 1. The van der Waals surface area contributed by atoms with Crippen molar-refractivity contribution in [1.82, 2.24) is 20.0 Å². The average molecular weight is 567 g/mol. The van der Waals surface area contributed by atoms with Crippen LogP contribution in [0.15, 0.2) is 53.1 Å². The Morgan fingerprint density at radius 3 is 2.15 bits per heavy atom. The Bertz CT molecular complexity index is 1130. The monoisotopic (exact) mass is 566 g/mol. The van der Waals surface area contributed by atoms with Crippen molar-refractivity contribution >= 4 is 17.9 Å². The molecular weight excluding hydrogens is 524 g/mol. The smallest absolute Gasteiger partial charge is 0.405 e. The number of amides is 3. The van der Waals surface area contributed by atoms with E-state index in [-0.39, 0.29) is 36.6 Å². The van der Waals surface area contributed by atoms with Crippen LogP contribution in [0, 0.1) is 11.8 Å². The number of carbonyl (C=O) groups is 3. The van der Waals surface area contributed by atoms with Crippen LogP contribution in [0.25, 0.3) is 0 Å². The number of carbonyl (C=O) groups excluding carboxylic acids is 2. The Morgan fingerprint density at radius 1 is 0.902 bits per heavy atom. The van der Waals surface area contributed by atoms with Gasteiger partial charge >= 0.3 is 6.09 Å². The van der Waals surface area contributed by atoms with Gasteiger partial charge in [0.25, 0.3) is 5.91 Å². The third-order valence-electron chi connectivity index (χ3n) is 8.91. The van der Waals surface area contributed by atoms with Crippen molar-refractivity contribution < 1.29 is 29.0 Å². The minimum absolute atomic E-state index is 0.109. The highest BCUT2D eigenvalue weighted by Crippen LogP contribution is 2.34. The number of β-amino-alcohol motifs (C(OH)–C–C–N with tert-alkyl or cyclic N) is 1. The van der Waals surface area contributed by atoms with Crippen molar-refractivity contribution in [3.63, 3.8) is 0 Å². The molecule has 41 heavy (non-hydrogen) atoms. The van der Waals surface area contributed by atoms with Crippen LogP contribution in [0.1, 0.15) is 67.1 Å². The van der Waals surface area contributed by atoms with Crippen LogP contribution in [0.3, 0.4) is 0 Å². The van der Waals surface area contributed by atoms with Gasteiger partial charge in [-0.05, 0) is 36.0 Å². The highest BCUT2D eigenvalue weighted by atomic mass is 16.4. The zero-order chi connectivity index (χ0) is 28.8. The van der Waals surface area contributed by atoms with Crippen molar-refractivity contribution in [2.24, 2.45) is 11.8 Å². The lowest BCUT2D eigenvalue weighted by Gasteiger charge is -2.28. The molecule has 0 spiro atoms. The lowest BCUT2D eigenvalue weighted by atomic mass is 10.0. The Labute approximate surface area is 241 Å². The van der Waals surface area contributed by atoms with Crippen LogP contribution in [0.2, 0.25) is 0 Å². The number of carboxylic acid groups (broad SMARTS) is 1. The fourth-order valence-corrected chi connectivity index (χ4v) is 6.83. The van der Waals surface area contributed by atoms with Gasteiger partial charge in [-0.25, -0.2) is 4.79 Å². The lowest BCUT2D eigenvalue weighted by molar-refractivity contribution is -0.134. The first kappa shape index (κ1) is 29.1. The van der Waals surface area contributed by atoms with E-state index in [1.54, 1.807) is 12.1 Å². The maximum Gasteiger partial charge on any atom is 0.405 e. The molecule has 10 nitrogen and oxygen atoms in total. The van der Waals surface area contributed by atoms with Crippen molar-refractivity contribution in [2.75, 3.05) is 39.3 Å². The maximum atomic E-state index is 13.4. The normalized spacial score (nSPS) is 26.4. The van der Waals surface area contributed by atoms with Gasteiger partial charge in [0.2, 0.25) is 5.91 Å². The number of nitrogens with one attached hydrogen (secondary N) is 1. The summed E-state index contributed by atoms with van der Waals surface area (Å²) in [6.45, 7) is 3.85. The predicted octanol–water partition coefficient (Wildman–Crippen LogP) is 3.59. The Morgan fingerprint density at radius 2 is 1.56 bits per heavy atom. The van der Waals surface area contributed by atoms with E-state index in [0.717, 1.165) is 25.2 Å². The van der Waals surface area contributed by atoms with E-state index in [9.17, 15) is 24.6 Å². The molecule has 1 saturated carbocycles. The summed E-state index contributed by atoms with van der Waals surface area (Å²) in [4.78, 5) is 43.1. The van der Waals surface area contributed by atoms with E-state index in [1.165, 1.54) is 43.3 Å².